The summed E-state index contributed by atoms with van der Waals surface area (Å²) in [5.41, 5.74) is 0.791. The van der Waals surface area contributed by atoms with Crippen LogP contribution in [0.3, 0.4) is 0 Å². The molecule has 21 heavy (non-hydrogen) atoms. The number of hydrogen-bond acceptors (Lipinski definition) is 4. The normalized spacial score (nSPS) is 14.9. The van der Waals surface area contributed by atoms with Gasteiger partial charge in [0.25, 0.3) is 5.91 Å². The molecule has 110 valence electrons. The maximum Gasteiger partial charge on any atom is 0.255 e. The summed E-state index contributed by atoms with van der Waals surface area (Å²) in [5, 5.41) is 8.92. The smallest absolute Gasteiger partial charge is 0.255 e. The lowest BCUT2D eigenvalue weighted by Gasteiger charge is -2.07. The summed E-state index contributed by atoms with van der Waals surface area (Å²) < 4.78 is 26.8. The minimum absolute atomic E-state index is 0.0263. The molecule has 0 unspecified atom stereocenters. The first kappa shape index (κ1) is 13.8. The third-order valence-electron chi connectivity index (χ3n) is 3.06. The van der Waals surface area contributed by atoms with Crippen molar-refractivity contribution in [3.8, 4) is 0 Å². The largest absolute Gasteiger partial charge is 0.319 e. The van der Waals surface area contributed by atoms with Crippen LogP contribution in [0.4, 0.5) is 5.69 Å². The van der Waals surface area contributed by atoms with Crippen LogP contribution >= 0.6 is 0 Å². The Balaban J connectivity index is 1.80. The minimum Gasteiger partial charge on any atom is -0.319 e. The number of anilines is 1. The number of aromatic amines is 1. The second kappa shape index (κ2) is 5.30. The van der Waals surface area contributed by atoms with Crippen molar-refractivity contribution in [1.29, 1.82) is 0 Å². The van der Waals surface area contributed by atoms with E-state index in [9.17, 15) is 13.2 Å². The van der Waals surface area contributed by atoms with Gasteiger partial charge in [0, 0.05) is 17.8 Å². The van der Waals surface area contributed by atoms with Crippen LogP contribution in [0.25, 0.3) is 0 Å². The molecule has 1 amide bonds. The van der Waals surface area contributed by atoms with Crippen molar-refractivity contribution >= 4 is 21.6 Å². The highest BCUT2D eigenvalue weighted by Gasteiger charge is 2.28. The van der Waals surface area contributed by atoms with Crippen molar-refractivity contribution < 1.29 is 13.2 Å². The number of nitrogens with one attached hydrogen (secondary N) is 3. The third kappa shape index (κ3) is 3.29. The van der Waals surface area contributed by atoms with E-state index < -0.39 is 10.0 Å². The van der Waals surface area contributed by atoms with Gasteiger partial charge < -0.3 is 5.32 Å². The van der Waals surface area contributed by atoms with Gasteiger partial charge in [0.1, 0.15) is 0 Å². The fraction of sp³-hybridized carbons (Fsp3) is 0.231. The van der Waals surface area contributed by atoms with Crippen molar-refractivity contribution in [2.45, 2.75) is 23.8 Å². The van der Waals surface area contributed by atoms with Crippen LogP contribution in [-0.2, 0) is 10.0 Å². The van der Waals surface area contributed by atoms with Crippen molar-refractivity contribution in [3.05, 3.63) is 42.2 Å². The summed E-state index contributed by atoms with van der Waals surface area (Å²) in [6.45, 7) is 0. The van der Waals surface area contributed by atoms with Crippen LogP contribution in [0.15, 0.2) is 41.6 Å². The van der Waals surface area contributed by atoms with Crippen LogP contribution in [0.1, 0.15) is 23.2 Å². The van der Waals surface area contributed by atoms with Crippen LogP contribution < -0.4 is 10.0 Å². The molecule has 1 fully saturated rings. The van der Waals surface area contributed by atoms with Gasteiger partial charge in [0.05, 0.1) is 16.8 Å². The molecule has 3 N–H and O–H groups in total. The predicted octanol–water partition coefficient (Wildman–Crippen LogP) is 1.10. The quantitative estimate of drug-likeness (QED) is 0.769. The van der Waals surface area contributed by atoms with Crippen LogP contribution in [0.5, 0.6) is 0 Å². The number of sulfonamides is 1. The molecular formula is C13H14N4O3S. The van der Waals surface area contributed by atoms with Crippen molar-refractivity contribution in [1.82, 2.24) is 14.9 Å². The van der Waals surface area contributed by atoms with E-state index in [1.807, 2.05) is 0 Å². The maximum absolute atomic E-state index is 12.1. The molecular weight excluding hydrogens is 292 g/mol. The zero-order valence-corrected chi connectivity index (χ0v) is 11.9. The second-order valence-electron chi connectivity index (χ2n) is 4.86. The highest BCUT2D eigenvalue weighted by Crippen LogP contribution is 2.22. The Hall–Kier alpha value is -2.19. The molecule has 0 saturated heterocycles. The molecule has 1 saturated carbocycles. The highest BCUT2D eigenvalue weighted by molar-refractivity contribution is 7.89. The molecule has 1 aliphatic rings. The lowest BCUT2D eigenvalue weighted by atomic mass is 10.2. The molecule has 0 atom stereocenters. The fourth-order valence-electron chi connectivity index (χ4n) is 1.82. The Morgan fingerprint density at radius 1 is 1.33 bits per heavy atom. The second-order valence-corrected chi connectivity index (χ2v) is 6.58. The number of H-pyrrole nitrogens is 1. The molecule has 2 aromatic rings. The number of amides is 1. The summed E-state index contributed by atoms with van der Waals surface area (Å²) >= 11 is 0. The highest BCUT2D eigenvalue weighted by atomic mass is 32.2. The van der Waals surface area contributed by atoms with Crippen LogP contribution in [-0.4, -0.2) is 30.6 Å². The SMILES string of the molecule is O=C(Nc1cn[nH]c1)c1cccc(S(=O)(=O)NC2CC2)c1. The van der Waals surface area contributed by atoms with E-state index in [1.165, 1.54) is 24.5 Å². The van der Waals surface area contributed by atoms with Gasteiger partial charge in [-0.1, -0.05) is 6.07 Å². The van der Waals surface area contributed by atoms with Gasteiger partial charge in [-0.25, -0.2) is 13.1 Å². The zero-order valence-electron chi connectivity index (χ0n) is 11.0. The monoisotopic (exact) mass is 306 g/mol. The van der Waals surface area contributed by atoms with E-state index in [0.717, 1.165) is 12.8 Å². The molecule has 1 aromatic carbocycles. The summed E-state index contributed by atoms with van der Waals surface area (Å²) in [7, 11) is -3.56. The van der Waals surface area contributed by atoms with E-state index in [1.54, 1.807) is 12.1 Å². The first-order valence-corrected chi connectivity index (χ1v) is 7.95. The number of benzene rings is 1. The van der Waals surface area contributed by atoms with E-state index in [0.29, 0.717) is 5.69 Å². The number of rotatable bonds is 5. The molecule has 7 nitrogen and oxygen atoms in total. The Morgan fingerprint density at radius 3 is 2.81 bits per heavy atom. The van der Waals surface area contributed by atoms with Gasteiger partial charge in [0.15, 0.2) is 0 Å². The van der Waals surface area contributed by atoms with Crippen LogP contribution in [0, 0.1) is 0 Å². The third-order valence-corrected chi connectivity index (χ3v) is 4.58. The standard InChI is InChI=1S/C13H14N4O3S/c18-13(16-11-7-14-15-8-11)9-2-1-3-12(6-9)21(19,20)17-10-4-5-10/h1-3,6-8,10,17H,4-5H2,(H,14,15)(H,16,18). The fourth-order valence-corrected chi connectivity index (χ4v) is 3.17. The lowest BCUT2D eigenvalue weighted by Crippen LogP contribution is -2.26. The van der Waals surface area contributed by atoms with E-state index >= 15 is 0 Å². The van der Waals surface area contributed by atoms with Gasteiger partial charge in [0.2, 0.25) is 10.0 Å². The van der Waals surface area contributed by atoms with Gasteiger partial charge in [-0.2, -0.15) is 5.10 Å². The first-order chi connectivity index (χ1) is 10.0. The molecule has 0 aliphatic heterocycles. The Kier molecular flexibility index (Phi) is 3.48. The number of aromatic nitrogens is 2. The molecule has 1 aliphatic carbocycles. The van der Waals surface area contributed by atoms with Gasteiger partial charge in [-0.05, 0) is 31.0 Å². The molecule has 1 aromatic heterocycles. The number of carbonyl (C=O) groups is 1. The zero-order chi connectivity index (χ0) is 14.9. The summed E-state index contributed by atoms with van der Waals surface area (Å²) in [6, 6.07) is 5.97. The average molecular weight is 306 g/mol. The first-order valence-electron chi connectivity index (χ1n) is 6.47. The molecule has 0 radical (unpaired) electrons. The molecule has 1 heterocycles. The summed E-state index contributed by atoms with van der Waals surface area (Å²) in [4.78, 5) is 12.1. The minimum atomic E-state index is -3.56. The summed E-state index contributed by atoms with van der Waals surface area (Å²) in [5.74, 6) is -0.389. The van der Waals surface area contributed by atoms with E-state index in [4.69, 9.17) is 0 Å². The van der Waals surface area contributed by atoms with E-state index in [-0.39, 0.29) is 22.4 Å². The molecule has 3 rings (SSSR count). The van der Waals surface area contributed by atoms with Gasteiger partial charge in [-0.15, -0.1) is 0 Å². The van der Waals surface area contributed by atoms with Gasteiger partial charge in [-0.3, -0.25) is 9.89 Å². The average Bonchev–Trinajstić information content (AvgIpc) is 3.11. The molecule has 8 heteroatoms. The van der Waals surface area contributed by atoms with Crippen LogP contribution in [0.2, 0.25) is 0 Å². The Morgan fingerprint density at radius 2 is 2.14 bits per heavy atom. The number of nitrogens with zero attached hydrogens (tertiary/aromatic N) is 1. The van der Waals surface area contributed by atoms with Crippen molar-refractivity contribution in [3.63, 3.8) is 0 Å². The van der Waals surface area contributed by atoms with E-state index in [2.05, 4.69) is 20.2 Å². The Labute approximate surface area is 121 Å². The van der Waals surface area contributed by atoms with Crippen molar-refractivity contribution in [2.75, 3.05) is 5.32 Å². The van der Waals surface area contributed by atoms with Crippen molar-refractivity contribution in [2.24, 2.45) is 0 Å². The molecule has 0 spiro atoms. The Bertz CT molecular complexity index is 751. The summed E-state index contributed by atoms with van der Waals surface area (Å²) in [6.07, 6.45) is 4.72. The molecule has 0 bridgehead atoms. The topological polar surface area (TPSA) is 104 Å². The number of hydrogen-bond donors (Lipinski definition) is 3. The maximum atomic E-state index is 12.1. The lowest BCUT2D eigenvalue weighted by molar-refractivity contribution is 0.102. The number of carbonyl (C=O) groups excluding carboxylic acids is 1. The van der Waals surface area contributed by atoms with Gasteiger partial charge >= 0.3 is 0 Å². The predicted molar refractivity (Wildman–Crippen MR) is 76.3 cm³/mol.